The number of fused-ring (bicyclic) bond motifs is 1. The predicted molar refractivity (Wildman–Crippen MR) is 68.1 cm³/mol. The van der Waals surface area contributed by atoms with Crippen LogP contribution in [0.4, 0.5) is 0 Å². The van der Waals surface area contributed by atoms with Crippen LogP contribution < -0.4 is 5.32 Å². The first-order chi connectivity index (χ1) is 8.24. The number of ketones is 1. The number of carbonyl (C=O) groups excluding carboxylic acids is 1. The van der Waals surface area contributed by atoms with Crippen molar-refractivity contribution in [3.63, 3.8) is 0 Å². The molecule has 0 aromatic rings. The molecule has 3 heteroatoms. The number of aliphatic imine (C=N–C) groups is 1. The second-order valence-electron chi connectivity index (χ2n) is 5.71. The lowest BCUT2D eigenvalue weighted by molar-refractivity contribution is -0.116. The Morgan fingerprint density at radius 1 is 1.29 bits per heavy atom. The van der Waals surface area contributed by atoms with Crippen LogP contribution in [-0.4, -0.2) is 24.1 Å². The van der Waals surface area contributed by atoms with Gasteiger partial charge in [0.15, 0.2) is 5.78 Å². The molecule has 0 amide bonds. The van der Waals surface area contributed by atoms with Gasteiger partial charge in [0.25, 0.3) is 0 Å². The molecule has 3 atom stereocenters. The first-order valence-corrected chi connectivity index (χ1v) is 6.80. The van der Waals surface area contributed by atoms with Crippen molar-refractivity contribution >= 4 is 12.0 Å². The van der Waals surface area contributed by atoms with Gasteiger partial charge in [-0.3, -0.25) is 9.79 Å². The minimum absolute atomic E-state index is 0.272. The van der Waals surface area contributed by atoms with E-state index in [0.717, 1.165) is 17.7 Å². The molecule has 92 valence electrons. The van der Waals surface area contributed by atoms with Crippen LogP contribution in [0.15, 0.2) is 16.3 Å². The first kappa shape index (κ1) is 11.0. The van der Waals surface area contributed by atoms with Gasteiger partial charge in [0.1, 0.15) is 0 Å². The first-order valence-electron chi connectivity index (χ1n) is 6.80. The molecule has 0 aromatic carbocycles. The smallest absolute Gasteiger partial charge is 0.166 e. The topological polar surface area (TPSA) is 41.5 Å². The van der Waals surface area contributed by atoms with Gasteiger partial charge in [-0.1, -0.05) is 19.8 Å². The summed E-state index contributed by atoms with van der Waals surface area (Å²) in [5.41, 5.74) is 2.02. The summed E-state index contributed by atoms with van der Waals surface area (Å²) in [7, 11) is 0. The van der Waals surface area contributed by atoms with Crippen LogP contribution in [0.2, 0.25) is 0 Å². The van der Waals surface area contributed by atoms with Crippen LogP contribution in [-0.2, 0) is 4.79 Å². The zero-order valence-corrected chi connectivity index (χ0v) is 10.4. The van der Waals surface area contributed by atoms with Gasteiger partial charge in [0, 0.05) is 24.4 Å². The van der Waals surface area contributed by atoms with Gasteiger partial charge >= 0.3 is 0 Å². The third kappa shape index (κ3) is 2.03. The number of allylic oxidation sites excluding steroid dienone is 2. The predicted octanol–water partition coefficient (Wildman–Crippen LogP) is 2.22. The molecule has 0 radical (unpaired) electrons. The van der Waals surface area contributed by atoms with Crippen molar-refractivity contribution < 1.29 is 4.79 Å². The van der Waals surface area contributed by atoms with E-state index >= 15 is 0 Å². The van der Waals surface area contributed by atoms with Crippen LogP contribution in [0, 0.1) is 5.92 Å². The van der Waals surface area contributed by atoms with E-state index in [1.54, 1.807) is 0 Å². The maximum atomic E-state index is 12.0. The minimum atomic E-state index is 0.272. The summed E-state index contributed by atoms with van der Waals surface area (Å²) in [6.45, 7) is 2.16. The van der Waals surface area contributed by atoms with Gasteiger partial charge in [-0.15, -0.1) is 0 Å². The van der Waals surface area contributed by atoms with Crippen LogP contribution in [0.5, 0.6) is 0 Å². The van der Waals surface area contributed by atoms with Gasteiger partial charge in [-0.05, 0) is 25.2 Å². The normalized spacial score (nSPS) is 37.0. The molecule has 1 aliphatic heterocycles. The van der Waals surface area contributed by atoms with Gasteiger partial charge in [-0.2, -0.15) is 0 Å². The third-order valence-electron chi connectivity index (χ3n) is 4.20. The summed E-state index contributed by atoms with van der Waals surface area (Å²) >= 11 is 0. The standard InChI is InChI=1S/C14H20N2O/c1-9-6-13-10(14(17)7-9)8-15-11-4-2-3-5-12(11)16-13/h8-9,11-12,16H,2-7H2,1H3/t9-,11-,12-/m0/s1. The van der Waals surface area contributed by atoms with Gasteiger partial charge in [0.05, 0.1) is 11.6 Å². The summed E-state index contributed by atoms with van der Waals surface area (Å²) in [5.74, 6) is 0.746. The highest BCUT2D eigenvalue weighted by atomic mass is 16.1. The summed E-state index contributed by atoms with van der Waals surface area (Å²) in [5, 5.41) is 3.61. The molecule has 3 rings (SSSR count). The van der Waals surface area contributed by atoms with Crippen molar-refractivity contribution in [1.82, 2.24) is 5.32 Å². The molecule has 1 saturated carbocycles. The number of hydrogen-bond acceptors (Lipinski definition) is 3. The number of carbonyl (C=O) groups is 1. The Bertz CT molecular complexity index is 397. The molecular weight excluding hydrogens is 212 g/mol. The summed E-state index contributed by atoms with van der Waals surface area (Å²) < 4.78 is 0. The highest BCUT2D eigenvalue weighted by Gasteiger charge is 2.31. The SMILES string of the molecule is C[C@@H]1CC(=O)C2=C(C1)N[C@H]1CCCC[C@@H]1N=C2. The lowest BCUT2D eigenvalue weighted by Gasteiger charge is -2.31. The van der Waals surface area contributed by atoms with Gasteiger partial charge < -0.3 is 5.32 Å². The van der Waals surface area contributed by atoms with Crippen LogP contribution in [0.25, 0.3) is 0 Å². The summed E-state index contributed by atoms with van der Waals surface area (Å²) in [6, 6.07) is 0.850. The van der Waals surface area contributed by atoms with E-state index in [1.165, 1.54) is 25.7 Å². The Hall–Kier alpha value is -1.12. The molecule has 2 aliphatic carbocycles. The Morgan fingerprint density at radius 2 is 2.12 bits per heavy atom. The fraction of sp³-hybridized carbons (Fsp3) is 0.714. The van der Waals surface area contributed by atoms with Crippen molar-refractivity contribution in [3.8, 4) is 0 Å². The Kier molecular flexibility index (Phi) is 2.77. The van der Waals surface area contributed by atoms with E-state index in [-0.39, 0.29) is 5.78 Å². The maximum Gasteiger partial charge on any atom is 0.166 e. The molecule has 0 unspecified atom stereocenters. The van der Waals surface area contributed by atoms with Crippen molar-refractivity contribution in [2.75, 3.05) is 0 Å². The van der Waals surface area contributed by atoms with Gasteiger partial charge in [-0.25, -0.2) is 0 Å². The molecular formula is C14H20N2O. The van der Waals surface area contributed by atoms with Crippen molar-refractivity contribution in [1.29, 1.82) is 0 Å². The molecule has 0 saturated heterocycles. The molecule has 0 bridgehead atoms. The molecule has 1 N–H and O–H groups in total. The third-order valence-corrected chi connectivity index (χ3v) is 4.20. The van der Waals surface area contributed by atoms with Crippen LogP contribution in [0.1, 0.15) is 45.4 Å². The Morgan fingerprint density at radius 3 is 3.00 bits per heavy atom. The van der Waals surface area contributed by atoms with Gasteiger partial charge in [0.2, 0.25) is 0 Å². The zero-order valence-electron chi connectivity index (χ0n) is 10.4. The summed E-state index contributed by atoms with van der Waals surface area (Å²) in [6.07, 6.45) is 8.47. The van der Waals surface area contributed by atoms with E-state index in [4.69, 9.17) is 0 Å². The van der Waals surface area contributed by atoms with Crippen LogP contribution >= 0.6 is 0 Å². The maximum absolute atomic E-state index is 12.0. The molecule has 3 nitrogen and oxygen atoms in total. The van der Waals surface area contributed by atoms with Crippen molar-refractivity contribution in [3.05, 3.63) is 11.3 Å². The highest BCUT2D eigenvalue weighted by Crippen LogP contribution is 2.30. The molecule has 17 heavy (non-hydrogen) atoms. The van der Waals surface area contributed by atoms with E-state index in [9.17, 15) is 4.79 Å². The average molecular weight is 232 g/mol. The Labute approximate surface area is 102 Å². The fourth-order valence-electron chi connectivity index (χ4n) is 3.26. The highest BCUT2D eigenvalue weighted by molar-refractivity contribution is 6.14. The largest absolute Gasteiger partial charge is 0.383 e. The zero-order chi connectivity index (χ0) is 11.8. The van der Waals surface area contributed by atoms with Crippen molar-refractivity contribution in [2.24, 2.45) is 10.9 Å². The lowest BCUT2D eigenvalue weighted by atomic mass is 9.86. The Balaban J connectivity index is 1.90. The van der Waals surface area contributed by atoms with E-state index < -0.39 is 0 Å². The minimum Gasteiger partial charge on any atom is -0.383 e. The quantitative estimate of drug-likeness (QED) is 0.696. The van der Waals surface area contributed by atoms with E-state index in [1.807, 2.05) is 6.21 Å². The molecule has 1 fully saturated rings. The molecule has 3 aliphatic rings. The van der Waals surface area contributed by atoms with E-state index in [0.29, 0.717) is 24.4 Å². The molecule has 0 aromatic heterocycles. The average Bonchev–Trinajstić information content (AvgIpc) is 2.47. The summed E-state index contributed by atoms with van der Waals surface area (Å²) in [4.78, 5) is 16.6. The second-order valence-corrected chi connectivity index (χ2v) is 5.71. The van der Waals surface area contributed by atoms with Crippen molar-refractivity contribution in [2.45, 2.75) is 57.5 Å². The molecule has 1 heterocycles. The number of rotatable bonds is 0. The number of nitrogens with zero attached hydrogens (tertiary/aromatic N) is 1. The fourth-order valence-corrected chi connectivity index (χ4v) is 3.26. The van der Waals surface area contributed by atoms with E-state index in [2.05, 4.69) is 17.2 Å². The second kappa shape index (κ2) is 4.28. The number of nitrogens with one attached hydrogen (secondary N) is 1. The monoisotopic (exact) mass is 232 g/mol. The lowest BCUT2D eigenvalue weighted by Crippen LogP contribution is -2.41. The molecule has 0 spiro atoms. The van der Waals surface area contributed by atoms with Crippen LogP contribution in [0.3, 0.4) is 0 Å². The number of Topliss-reactive ketones (excluding diaryl/α,β-unsaturated/α-hetero) is 1. The number of hydrogen-bond donors (Lipinski definition) is 1.